The maximum atomic E-state index is 13.8. The van der Waals surface area contributed by atoms with Crippen molar-refractivity contribution in [2.45, 2.75) is 170 Å². The fraction of sp³-hybridized carbons (Fsp3) is 0.814. The Hall–Kier alpha value is -5.99. The fourth-order valence-electron chi connectivity index (χ4n) is 9.24. The number of carbonyl (C=O) groups excluding carboxylic acids is 11. The van der Waals surface area contributed by atoms with Crippen LogP contribution in [0.3, 0.4) is 0 Å². The smallest absolute Gasteiger partial charge is 0.239 e. The molecule has 0 aromatic rings. The van der Waals surface area contributed by atoms with Gasteiger partial charge in [0.05, 0.1) is 0 Å². The van der Waals surface area contributed by atoms with Crippen molar-refractivity contribution in [3.05, 3.63) is 0 Å². The van der Waals surface area contributed by atoms with Crippen LogP contribution in [0, 0.1) is 17.8 Å². The molecule has 0 aromatic heterocycles. The Balaban J connectivity index is 5.52. The van der Waals surface area contributed by atoms with Gasteiger partial charge in [0, 0.05) is 163 Å². The Morgan fingerprint density at radius 2 is 0.624 bits per heavy atom. The van der Waals surface area contributed by atoms with Gasteiger partial charge < -0.3 is 79.3 Å². The number of primary amides is 1. The SMILES string of the molecule is CC(=O)NCCC(=O)N(CCC(=O)N(CCCCN)CCC(=O)NCCC(=O)N(CCC(=O)N(CCCCN)CCC(=O)NCCC(=O)N(CCC(=O)N(CCCCN)CCC(=O)N[C@@H](CCCCN)C(N)=O)CC(C)C)CC(C)C)CC(C)C. The molecule has 0 bridgehead atoms. The van der Waals surface area contributed by atoms with E-state index < -0.39 is 17.9 Å². The van der Waals surface area contributed by atoms with E-state index in [9.17, 15) is 52.7 Å². The van der Waals surface area contributed by atoms with Gasteiger partial charge in [-0.2, -0.15) is 0 Å². The van der Waals surface area contributed by atoms with Crippen LogP contribution >= 0.6 is 0 Å². The molecular weight excluding hydrogens is 1090 g/mol. The number of nitrogens with two attached hydrogens (primary N) is 5. The molecule has 0 spiro atoms. The van der Waals surface area contributed by atoms with Crippen LogP contribution in [0.15, 0.2) is 0 Å². The molecule has 0 saturated heterocycles. The van der Waals surface area contributed by atoms with Gasteiger partial charge in [0.15, 0.2) is 0 Å². The molecule has 0 heterocycles. The van der Waals surface area contributed by atoms with Crippen molar-refractivity contribution in [3.8, 4) is 0 Å². The van der Waals surface area contributed by atoms with Gasteiger partial charge in [-0.15, -0.1) is 0 Å². The first-order valence-corrected chi connectivity index (χ1v) is 31.2. The van der Waals surface area contributed by atoms with Crippen LogP contribution in [0.25, 0.3) is 0 Å². The third-order valence-corrected chi connectivity index (χ3v) is 13.8. The molecular formula is C59H113N15O11. The number of nitrogens with zero attached hydrogens (tertiary/aromatic N) is 6. The van der Waals surface area contributed by atoms with Gasteiger partial charge in [0.2, 0.25) is 65.0 Å². The number of unbranched alkanes of at least 4 members (excludes halogenated alkanes) is 4. The maximum Gasteiger partial charge on any atom is 0.239 e. The summed E-state index contributed by atoms with van der Waals surface area (Å²) in [6.07, 6.45) is 5.61. The van der Waals surface area contributed by atoms with Gasteiger partial charge in [-0.25, -0.2) is 0 Å². The van der Waals surface area contributed by atoms with E-state index in [-0.39, 0.29) is 188 Å². The minimum absolute atomic E-state index is 0.000372. The topological polar surface area (TPSA) is 385 Å². The zero-order valence-corrected chi connectivity index (χ0v) is 53.0. The van der Waals surface area contributed by atoms with E-state index in [1.807, 2.05) is 41.5 Å². The Kier molecular flexibility index (Phi) is 44.8. The molecule has 490 valence electrons. The minimum atomic E-state index is -0.839. The van der Waals surface area contributed by atoms with Crippen LogP contribution in [0.1, 0.15) is 164 Å². The third kappa shape index (κ3) is 40.1. The van der Waals surface area contributed by atoms with Crippen molar-refractivity contribution in [2.75, 3.05) is 124 Å². The highest BCUT2D eigenvalue weighted by atomic mass is 16.2. The van der Waals surface area contributed by atoms with Gasteiger partial charge in [0.1, 0.15) is 6.04 Å². The second kappa shape index (κ2) is 48.2. The highest BCUT2D eigenvalue weighted by Gasteiger charge is 2.25. The summed E-state index contributed by atoms with van der Waals surface area (Å²) in [5.41, 5.74) is 28.3. The molecule has 0 fully saturated rings. The standard InChI is InChI=1S/C59H113N15O11/c1-45(2)42-72(53(79)17-30-65-48(7)75)39-23-56(82)69(33-13-10-27-61)36-20-50(76)66-31-18-54(80)73(43-46(3)4)40-24-57(83)70(34-14-11-28-62)37-21-51(77)67-32-19-55(81)74(44-47(5)6)41-25-58(84)71(35-15-12-29-63)38-22-52(78)68-49(59(64)85)16-8-9-26-60/h45-47,49H,8-44,60-63H2,1-7H3,(H2,64,85)(H,65,75)(H,66,76)(H,67,77)(H,68,78)/t49-/m0/s1. The van der Waals surface area contributed by atoms with Crippen LogP contribution in [-0.2, 0) is 52.7 Å². The molecule has 14 N–H and O–H groups in total. The van der Waals surface area contributed by atoms with E-state index in [2.05, 4.69) is 21.3 Å². The minimum Gasteiger partial charge on any atom is -0.368 e. The molecule has 0 aliphatic heterocycles. The number of nitrogens with one attached hydrogen (secondary N) is 4. The second-order valence-corrected chi connectivity index (χ2v) is 23.1. The third-order valence-electron chi connectivity index (χ3n) is 13.8. The summed E-state index contributed by atoms with van der Waals surface area (Å²) in [6.45, 7) is 18.3. The predicted octanol–water partition coefficient (Wildman–Crippen LogP) is 0.121. The van der Waals surface area contributed by atoms with E-state index in [1.165, 1.54) is 6.92 Å². The summed E-state index contributed by atoms with van der Waals surface area (Å²) in [4.78, 5) is 153. The van der Waals surface area contributed by atoms with Gasteiger partial charge in [-0.3, -0.25) is 52.7 Å². The average molecular weight is 1210 g/mol. The lowest BCUT2D eigenvalue weighted by Gasteiger charge is -2.28. The molecule has 0 saturated carbocycles. The van der Waals surface area contributed by atoms with Crippen LogP contribution in [0.4, 0.5) is 0 Å². The Morgan fingerprint density at radius 3 is 0.918 bits per heavy atom. The number of amides is 11. The predicted molar refractivity (Wildman–Crippen MR) is 329 cm³/mol. The van der Waals surface area contributed by atoms with Crippen molar-refractivity contribution in [2.24, 2.45) is 46.4 Å². The van der Waals surface area contributed by atoms with Crippen LogP contribution in [0.2, 0.25) is 0 Å². The summed E-state index contributed by atoms with van der Waals surface area (Å²) in [5.74, 6) is -3.01. The molecule has 0 rings (SSSR count). The molecule has 26 heteroatoms. The molecule has 11 amide bonds. The molecule has 85 heavy (non-hydrogen) atoms. The van der Waals surface area contributed by atoms with Crippen molar-refractivity contribution in [1.29, 1.82) is 0 Å². The Labute approximate surface area is 507 Å². The van der Waals surface area contributed by atoms with Crippen molar-refractivity contribution >= 4 is 65.0 Å². The molecule has 0 aliphatic rings. The normalized spacial score (nSPS) is 11.5. The molecule has 0 unspecified atom stereocenters. The van der Waals surface area contributed by atoms with Crippen molar-refractivity contribution < 1.29 is 52.7 Å². The summed E-state index contributed by atoms with van der Waals surface area (Å²) in [7, 11) is 0. The fourth-order valence-corrected chi connectivity index (χ4v) is 9.24. The Bertz CT molecular complexity index is 2000. The second-order valence-electron chi connectivity index (χ2n) is 23.1. The quantitative estimate of drug-likeness (QED) is 0.0366. The first kappa shape index (κ1) is 79.0. The average Bonchev–Trinajstić information content (AvgIpc) is 3.57. The van der Waals surface area contributed by atoms with Crippen molar-refractivity contribution in [3.63, 3.8) is 0 Å². The Morgan fingerprint density at radius 1 is 0.341 bits per heavy atom. The monoisotopic (exact) mass is 1210 g/mol. The highest BCUT2D eigenvalue weighted by molar-refractivity contribution is 5.87. The lowest BCUT2D eigenvalue weighted by atomic mass is 10.1. The zero-order valence-electron chi connectivity index (χ0n) is 53.0. The summed E-state index contributed by atoms with van der Waals surface area (Å²) < 4.78 is 0. The summed E-state index contributed by atoms with van der Waals surface area (Å²) in [6, 6.07) is -0.839. The lowest BCUT2D eigenvalue weighted by Crippen LogP contribution is -2.46. The van der Waals surface area contributed by atoms with Gasteiger partial charge in [-0.05, 0) is 102 Å². The molecule has 26 nitrogen and oxygen atoms in total. The van der Waals surface area contributed by atoms with Gasteiger partial charge >= 0.3 is 0 Å². The van der Waals surface area contributed by atoms with Gasteiger partial charge in [0.25, 0.3) is 0 Å². The van der Waals surface area contributed by atoms with E-state index in [0.717, 1.165) is 0 Å². The molecule has 0 radical (unpaired) electrons. The number of rotatable bonds is 51. The molecule has 1 atom stereocenters. The lowest BCUT2D eigenvalue weighted by molar-refractivity contribution is -0.137. The van der Waals surface area contributed by atoms with E-state index in [1.54, 1.807) is 29.4 Å². The number of hydrogen-bond donors (Lipinski definition) is 9. The maximum absolute atomic E-state index is 13.8. The molecule has 0 aliphatic carbocycles. The zero-order chi connectivity index (χ0) is 64.1. The number of carbonyl (C=O) groups is 11. The van der Waals surface area contributed by atoms with E-state index in [0.29, 0.717) is 123 Å². The largest absolute Gasteiger partial charge is 0.368 e. The van der Waals surface area contributed by atoms with Crippen LogP contribution in [0.5, 0.6) is 0 Å². The first-order valence-electron chi connectivity index (χ1n) is 31.2. The van der Waals surface area contributed by atoms with Crippen LogP contribution in [-0.4, -0.2) is 225 Å². The summed E-state index contributed by atoms with van der Waals surface area (Å²) >= 11 is 0. The highest BCUT2D eigenvalue weighted by Crippen LogP contribution is 2.11. The van der Waals surface area contributed by atoms with E-state index >= 15 is 0 Å². The first-order chi connectivity index (χ1) is 40.4. The summed E-state index contributed by atoms with van der Waals surface area (Å²) in [5, 5.41) is 10.9. The number of hydrogen-bond acceptors (Lipinski definition) is 15. The van der Waals surface area contributed by atoms with Crippen LogP contribution < -0.4 is 49.9 Å². The van der Waals surface area contributed by atoms with E-state index in [4.69, 9.17) is 28.7 Å². The molecule has 0 aromatic carbocycles. The van der Waals surface area contributed by atoms with Gasteiger partial charge in [-0.1, -0.05) is 41.5 Å². The van der Waals surface area contributed by atoms with Crippen molar-refractivity contribution in [1.82, 2.24) is 50.7 Å².